The molecular weight excluding hydrogens is 136 g/mol. The van der Waals surface area contributed by atoms with Crippen molar-refractivity contribution in [3.05, 3.63) is 36.7 Å². The Bertz CT molecular complexity index is 282. The van der Waals surface area contributed by atoms with Gasteiger partial charge in [-0.2, -0.15) is 5.10 Å². The largest absolute Gasteiger partial charge is 0.232 e. The molecule has 0 bridgehead atoms. The second kappa shape index (κ2) is 3.62. The van der Waals surface area contributed by atoms with E-state index >= 15 is 0 Å². The molecule has 0 atom stereocenters. The SMILES string of the molecule is CC.c1ccn2nccc2c#1. The minimum Gasteiger partial charge on any atom is -0.232 e. The Hall–Kier alpha value is -1.49. The van der Waals surface area contributed by atoms with E-state index in [0.717, 1.165) is 5.52 Å². The van der Waals surface area contributed by atoms with E-state index in [-0.39, 0.29) is 0 Å². The lowest BCUT2D eigenvalue weighted by Crippen LogP contribution is -1.80. The molecule has 0 saturated carbocycles. The van der Waals surface area contributed by atoms with E-state index in [1.54, 1.807) is 16.8 Å². The van der Waals surface area contributed by atoms with E-state index in [1.807, 2.05) is 26.1 Å². The summed E-state index contributed by atoms with van der Waals surface area (Å²) < 4.78 is 1.75. The Morgan fingerprint density at radius 2 is 2.27 bits per heavy atom. The van der Waals surface area contributed by atoms with Gasteiger partial charge in [-0.3, -0.25) is 0 Å². The van der Waals surface area contributed by atoms with Crippen molar-refractivity contribution in [2.24, 2.45) is 0 Å². The summed E-state index contributed by atoms with van der Waals surface area (Å²) >= 11 is 0. The minimum atomic E-state index is 0.956. The fraction of sp³-hybridized carbons (Fsp3) is 0.222. The van der Waals surface area contributed by atoms with Crippen molar-refractivity contribution in [3.63, 3.8) is 0 Å². The van der Waals surface area contributed by atoms with Crippen LogP contribution < -0.4 is 0 Å². The van der Waals surface area contributed by atoms with Crippen molar-refractivity contribution in [3.8, 4) is 0 Å². The first kappa shape index (κ1) is 7.62. The van der Waals surface area contributed by atoms with E-state index in [9.17, 15) is 0 Å². The molecule has 11 heavy (non-hydrogen) atoms. The molecule has 2 heterocycles. The molecule has 2 rings (SSSR count). The van der Waals surface area contributed by atoms with Gasteiger partial charge < -0.3 is 0 Å². The fourth-order valence-electron chi connectivity index (χ4n) is 0.756. The zero-order chi connectivity index (χ0) is 8.10. The van der Waals surface area contributed by atoms with Gasteiger partial charge in [-0.05, 0) is 12.1 Å². The third kappa shape index (κ3) is 1.50. The summed E-state index contributed by atoms with van der Waals surface area (Å²) in [6.45, 7) is 4.00. The molecule has 0 radical (unpaired) electrons. The Kier molecular flexibility index (Phi) is 2.51. The zero-order valence-electron chi connectivity index (χ0n) is 6.70. The maximum Gasteiger partial charge on any atom is 0.116 e. The van der Waals surface area contributed by atoms with Gasteiger partial charge in [0, 0.05) is 12.3 Å². The summed E-state index contributed by atoms with van der Waals surface area (Å²) in [5.41, 5.74) is 0.956. The normalized spacial score (nSPS) is 8.18. The van der Waals surface area contributed by atoms with Crippen molar-refractivity contribution in [1.82, 2.24) is 9.61 Å². The lowest BCUT2D eigenvalue weighted by molar-refractivity contribution is 0.963. The van der Waals surface area contributed by atoms with Crippen molar-refractivity contribution < 1.29 is 0 Å². The quantitative estimate of drug-likeness (QED) is 0.555. The van der Waals surface area contributed by atoms with Crippen LogP contribution in [0.1, 0.15) is 13.8 Å². The van der Waals surface area contributed by atoms with Crippen molar-refractivity contribution in [2.75, 3.05) is 0 Å². The maximum atomic E-state index is 3.98. The van der Waals surface area contributed by atoms with Crippen LogP contribution in [0.3, 0.4) is 0 Å². The molecule has 0 saturated heterocycles. The van der Waals surface area contributed by atoms with Gasteiger partial charge in [0.15, 0.2) is 0 Å². The first-order chi connectivity index (χ1) is 5.47. The molecule has 0 spiro atoms. The second-order valence-electron chi connectivity index (χ2n) is 1.75. The summed E-state index contributed by atoms with van der Waals surface area (Å²) in [6, 6.07) is 9.41. The molecule has 2 aromatic rings. The smallest absolute Gasteiger partial charge is 0.116 e. The van der Waals surface area contributed by atoms with Gasteiger partial charge in [-0.15, -0.1) is 0 Å². The number of aromatic nitrogens is 2. The van der Waals surface area contributed by atoms with Crippen molar-refractivity contribution >= 4 is 5.52 Å². The Morgan fingerprint density at radius 1 is 1.45 bits per heavy atom. The summed E-state index contributed by atoms with van der Waals surface area (Å²) in [6.07, 6.45) is 3.57. The summed E-state index contributed by atoms with van der Waals surface area (Å²) in [5.74, 6) is 0. The fourth-order valence-corrected chi connectivity index (χ4v) is 0.756. The third-order valence-electron chi connectivity index (χ3n) is 1.17. The highest BCUT2D eigenvalue weighted by Crippen LogP contribution is 1.93. The Balaban J connectivity index is 0.000000281. The van der Waals surface area contributed by atoms with Gasteiger partial charge in [-0.25, -0.2) is 4.52 Å². The predicted octanol–water partition coefficient (Wildman–Crippen LogP) is 1.96. The maximum absolute atomic E-state index is 3.98. The van der Waals surface area contributed by atoms with E-state index < -0.39 is 0 Å². The van der Waals surface area contributed by atoms with Gasteiger partial charge in [-0.1, -0.05) is 19.9 Å². The topological polar surface area (TPSA) is 17.3 Å². The monoisotopic (exact) mass is 146 g/mol. The average Bonchev–Trinajstić information content (AvgIpc) is 2.55. The first-order valence-electron chi connectivity index (χ1n) is 3.68. The van der Waals surface area contributed by atoms with Crippen molar-refractivity contribution in [1.29, 1.82) is 0 Å². The van der Waals surface area contributed by atoms with Crippen LogP contribution in [0.25, 0.3) is 5.52 Å². The Morgan fingerprint density at radius 3 is 3.00 bits per heavy atom. The highest BCUT2D eigenvalue weighted by Gasteiger charge is 1.84. The van der Waals surface area contributed by atoms with Crippen LogP contribution in [0.4, 0.5) is 0 Å². The van der Waals surface area contributed by atoms with E-state index in [2.05, 4.69) is 17.2 Å². The predicted molar refractivity (Wildman–Crippen MR) is 44.2 cm³/mol. The molecule has 2 heteroatoms. The summed E-state index contributed by atoms with van der Waals surface area (Å²) in [4.78, 5) is 0. The van der Waals surface area contributed by atoms with Crippen LogP contribution in [0.15, 0.2) is 24.5 Å². The van der Waals surface area contributed by atoms with Gasteiger partial charge >= 0.3 is 0 Å². The number of hydrogen-bond acceptors (Lipinski definition) is 1. The molecule has 0 aliphatic carbocycles. The molecule has 0 aliphatic rings. The van der Waals surface area contributed by atoms with Crippen LogP contribution in [0.5, 0.6) is 0 Å². The third-order valence-corrected chi connectivity index (χ3v) is 1.17. The lowest BCUT2D eigenvalue weighted by Gasteiger charge is -1.81. The first-order valence-corrected chi connectivity index (χ1v) is 3.68. The molecule has 2 nitrogen and oxygen atoms in total. The zero-order valence-corrected chi connectivity index (χ0v) is 6.70. The highest BCUT2D eigenvalue weighted by atomic mass is 15.2. The van der Waals surface area contributed by atoms with Gasteiger partial charge in [0.25, 0.3) is 0 Å². The molecule has 0 fully saturated rings. The van der Waals surface area contributed by atoms with Gasteiger partial charge in [0.05, 0.1) is 6.20 Å². The molecule has 0 aliphatic heterocycles. The minimum absolute atomic E-state index is 0.956. The highest BCUT2D eigenvalue weighted by molar-refractivity contribution is 5.39. The molecule has 0 aromatic carbocycles. The molecular formula is C9H10N2. The van der Waals surface area contributed by atoms with Crippen molar-refractivity contribution in [2.45, 2.75) is 13.8 Å². The van der Waals surface area contributed by atoms with Crippen LogP contribution in [-0.4, -0.2) is 9.61 Å². The average molecular weight is 146 g/mol. The second-order valence-corrected chi connectivity index (χ2v) is 1.75. The number of fused-ring (bicyclic) bond motifs is 1. The number of hydrogen-bond donors (Lipinski definition) is 0. The molecule has 0 amide bonds. The molecule has 0 N–H and O–H groups in total. The standard InChI is InChI=1S/C7H4N2.C2H6/c1-2-6-9-7(3-1)4-5-8-9;1-2/h2,4-6H;1-2H3. The van der Waals surface area contributed by atoms with E-state index in [1.165, 1.54) is 0 Å². The number of rotatable bonds is 0. The molecule has 56 valence electrons. The van der Waals surface area contributed by atoms with Gasteiger partial charge in [0.1, 0.15) is 5.52 Å². The Labute approximate surface area is 66.5 Å². The van der Waals surface area contributed by atoms with Crippen LogP contribution in [0, 0.1) is 12.1 Å². The molecule has 2 aromatic heterocycles. The summed E-state index contributed by atoms with van der Waals surface area (Å²) in [5, 5.41) is 3.98. The van der Waals surface area contributed by atoms with Gasteiger partial charge in [0.2, 0.25) is 0 Å². The van der Waals surface area contributed by atoms with E-state index in [4.69, 9.17) is 0 Å². The van der Waals surface area contributed by atoms with E-state index in [0.29, 0.717) is 0 Å². The molecule has 0 unspecified atom stereocenters. The van der Waals surface area contributed by atoms with Crippen LogP contribution >= 0.6 is 0 Å². The number of nitrogens with zero attached hydrogens (tertiary/aromatic N) is 2. The summed E-state index contributed by atoms with van der Waals surface area (Å²) in [7, 11) is 0. The van der Waals surface area contributed by atoms with Crippen LogP contribution in [0.2, 0.25) is 0 Å². The van der Waals surface area contributed by atoms with Crippen LogP contribution in [-0.2, 0) is 0 Å². The lowest BCUT2D eigenvalue weighted by atomic mass is 10.5.